The number of halogens is 1. The zero-order valence-electron chi connectivity index (χ0n) is 16.7. The van der Waals surface area contributed by atoms with Gasteiger partial charge in [-0.25, -0.2) is 4.98 Å². The Hall–Kier alpha value is -3.30. The molecular weight excluding hydrogens is 422 g/mol. The van der Waals surface area contributed by atoms with Crippen LogP contribution in [0.5, 0.6) is 11.9 Å². The molecule has 0 aliphatic carbocycles. The number of nitrogens with zero attached hydrogens (tertiary/aromatic N) is 4. The monoisotopic (exact) mass is 441 g/mol. The van der Waals surface area contributed by atoms with Gasteiger partial charge in [0.1, 0.15) is 0 Å². The second-order valence-corrected chi connectivity index (χ2v) is 7.63. The molecule has 1 aromatic carbocycles. The highest BCUT2D eigenvalue weighted by molar-refractivity contribution is 6.33. The summed E-state index contributed by atoms with van der Waals surface area (Å²) in [6.45, 7) is 5.01. The third kappa shape index (κ3) is 4.01. The Balaban J connectivity index is 1.39. The highest BCUT2D eigenvalue weighted by atomic mass is 35.5. The van der Waals surface area contributed by atoms with Crippen molar-refractivity contribution in [3.63, 3.8) is 0 Å². The maximum absolute atomic E-state index is 9.33. The molecule has 5 rings (SSSR count). The second kappa shape index (κ2) is 8.09. The molecule has 2 N–H and O–H groups in total. The van der Waals surface area contributed by atoms with Crippen molar-refractivity contribution in [2.45, 2.75) is 13.0 Å². The number of nitrogens with one attached hydrogen (secondary N) is 1. The van der Waals surface area contributed by atoms with E-state index in [9.17, 15) is 5.11 Å². The van der Waals surface area contributed by atoms with E-state index in [1.54, 1.807) is 13.0 Å². The van der Waals surface area contributed by atoms with Crippen molar-refractivity contribution in [1.82, 2.24) is 20.1 Å². The summed E-state index contributed by atoms with van der Waals surface area (Å²) in [4.78, 5) is 14.4. The van der Waals surface area contributed by atoms with E-state index in [1.165, 1.54) is 6.07 Å². The third-order valence-electron chi connectivity index (χ3n) is 5.13. The van der Waals surface area contributed by atoms with Gasteiger partial charge < -0.3 is 29.0 Å². The smallest absolute Gasteiger partial charge is 0.296 e. The minimum Gasteiger partial charge on any atom is -0.491 e. The lowest BCUT2D eigenvalue weighted by Crippen LogP contribution is -2.36. The molecule has 3 aromatic heterocycles. The summed E-state index contributed by atoms with van der Waals surface area (Å²) in [6, 6.07) is 11.6. The number of aromatic nitrogens is 4. The van der Waals surface area contributed by atoms with E-state index in [0.717, 1.165) is 37.6 Å². The van der Waals surface area contributed by atoms with E-state index in [4.69, 9.17) is 25.6 Å². The van der Waals surface area contributed by atoms with E-state index < -0.39 is 6.10 Å². The minimum absolute atomic E-state index is 0.201. The summed E-state index contributed by atoms with van der Waals surface area (Å²) in [5.41, 5.74) is 3.83. The van der Waals surface area contributed by atoms with Crippen LogP contribution < -0.4 is 9.64 Å². The molecular formula is C21H20ClN5O4. The lowest BCUT2D eigenvalue weighted by atomic mass is 10.1. The van der Waals surface area contributed by atoms with Gasteiger partial charge in [-0.1, -0.05) is 23.7 Å². The average molecular weight is 442 g/mol. The van der Waals surface area contributed by atoms with Gasteiger partial charge in [-0.05, 0) is 30.3 Å². The van der Waals surface area contributed by atoms with E-state index in [0.29, 0.717) is 27.6 Å². The number of imidazole rings is 1. The van der Waals surface area contributed by atoms with Crippen LogP contribution in [0, 0.1) is 0 Å². The van der Waals surface area contributed by atoms with Crippen LogP contribution >= 0.6 is 11.6 Å². The number of aromatic amines is 1. The first-order valence-corrected chi connectivity index (χ1v) is 10.3. The van der Waals surface area contributed by atoms with E-state index in [-0.39, 0.29) is 11.9 Å². The Labute approximate surface area is 182 Å². The Bertz CT molecular complexity index is 1200. The number of aromatic hydroxyl groups is 1. The third-order valence-corrected chi connectivity index (χ3v) is 5.42. The Morgan fingerprint density at radius 2 is 1.94 bits per heavy atom. The lowest BCUT2D eigenvalue weighted by molar-refractivity contribution is 0.122. The van der Waals surface area contributed by atoms with Crippen LogP contribution in [0.25, 0.3) is 22.4 Å². The second-order valence-electron chi connectivity index (χ2n) is 7.23. The number of hydrogen-bond acceptors (Lipinski definition) is 8. The first kappa shape index (κ1) is 19.7. The first-order valence-electron chi connectivity index (χ1n) is 9.88. The molecule has 1 aliphatic rings. The topological polar surface area (TPSA) is 110 Å². The maximum Gasteiger partial charge on any atom is 0.296 e. The fourth-order valence-corrected chi connectivity index (χ4v) is 3.76. The molecule has 1 saturated heterocycles. The molecule has 10 heteroatoms. The summed E-state index contributed by atoms with van der Waals surface area (Å²) < 4.78 is 16.2. The van der Waals surface area contributed by atoms with Crippen molar-refractivity contribution >= 4 is 28.5 Å². The zero-order valence-corrected chi connectivity index (χ0v) is 17.5. The van der Waals surface area contributed by atoms with Gasteiger partial charge in [0.25, 0.3) is 11.9 Å². The Kier molecular flexibility index (Phi) is 5.13. The minimum atomic E-state index is -0.503. The van der Waals surface area contributed by atoms with Crippen LogP contribution in [0.15, 0.2) is 40.9 Å². The molecule has 0 spiro atoms. The molecule has 4 heterocycles. The molecule has 0 radical (unpaired) electrons. The Morgan fingerprint density at radius 3 is 2.65 bits per heavy atom. The first-order chi connectivity index (χ1) is 15.1. The van der Waals surface area contributed by atoms with Crippen molar-refractivity contribution in [2.24, 2.45) is 0 Å². The van der Waals surface area contributed by atoms with Crippen molar-refractivity contribution in [2.75, 3.05) is 31.2 Å². The number of pyridine rings is 1. The highest BCUT2D eigenvalue weighted by Gasteiger charge is 2.18. The zero-order chi connectivity index (χ0) is 21.4. The number of hydrogen-bond donors (Lipinski definition) is 2. The number of benzene rings is 1. The predicted octanol–water partition coefficient (Wildman–Crippen LogP) is 3.95. The van der Waals surface area contributed by atoms with Crippen molar-refractivity contribution in [3.05, 3.63) is 47.2 Å². The standard InChI is InChI=1S/C21H20ClN5O4/c1-12(17-11-18(28)26-31-17)30-21-23-16-10-15(22)19(24-20(16)25-21)13-2-4-14(5-3-13)27-6-8-29-9-7-27/h2-5,10-12H,6-9H2,1H3,(H,26,28)(H,23,24,25). The normalized spacial score (nSPS) is 15.4. The van der Waals surface area contributed by atoms with Crippen LogP contribution in [-0.4, -0.2) is 51.5 Å². The maximum atomic E-state index is 9.33. The quantitative estimate of drug-likeness (QED) is 0.479. The number of ether oxygens (including phenoxy) is 2. The van der Waals surface area contributed by atoms with E-state index in [2.05, 4.69) is 37.1 Å². The van der Waals surface area contributed by atoms with Gasteiger partial charge in [0.2, 0.25) is 0 Å². The number of H-pyrrole nitrogens is 1. The van der Waals surface area contributed by atoms with E-state index >= 15 is 0 Å². The molecule has 160 valence electrons. The van der Waals surface area contributed by atoms with Crippen LogP contribution in [0.2, 0.25) is 5.02 Å². The molecule has 1 unspecified atom stereocenters. The van der Waals surface area contributed by atoms with Crippen LogP contribution in [0.3, 0.4) is 0 Å². The van der Waals surface area contributed by atoms with Crippen LogP contribution in [-0.2, 0) is 4.74 Å². The predicted molar refractivity (Wildman–Crippen MR) is 115 cm³/mol. The Morgan fingerprint density at radius 1 is 1.16 bits per heavy atom. The SMILES string of the molecule is CC(Oc1nc2nc(-c3ccc(N4CCOCC4)cc3)c(Cl)cc2[nH]1)c1cc(O)no1. The van der Waals surface area contributed by atoms with Gasteiger partial charge in [-0.3, -0.25) is 0 Å². The molecule has 1 atom stereocenters. The highest BCUT2D eigenvalue weighted by Crippen LogP contribution is 2.31. The van der Waals surface area contributed by atoms with Gasteiger partial charge in [0.15, 0.2) is 17.5 Å². The van der Waals surface area contributed by atoms with Gasteiger partial charge >= 0.3 is 0 Å². The molecule has 9 nitrogen and oxygen atoms in total. The molecule has 0 bridgehead atoms. The molecule has 1 fully saturated rings. The summed E-state index contributed by atoms with van der Waals surface area (Å²) in [5, 5.41) is 13.3. The average Bonchev–Trinajstić information content (AvgIpc) is 3.39. The van der Waals surface area contributed by atoms with Gasteiger partial charge in [0, 0.05) is 30.4 Å². The largest absolute Gasteiger partial charge is 0.491 e. The van der Waals surface area contributed by atoms with Crippen LogP contribution in [0.4, 0.5) is 5.69 Å². The summed E-state index contributed by atoms with van der Waals surface area (Å²) in [5.74, 6) is 0.178. The van der Waals surface area contributed by atoms with Gasteiger partial charge in [0.05, 0.1) is 29.4 Å². The van der Waals surface area contributed by atoms with Crippen LogP contribution in [0.1, 0.15) is 18.8 Å². The fourth-order valence-electron chi connectivity index (χ4n) is 3.50. The van der Waals surface area contributed by atoms with Gasteiger partial charge in [-0.15, -0.1) is 0 Å². The molecule has 0 amide bonds. The number of rotatable bonds is 5. The van der Waals surface area contributed by atoms with Gasteiger partial charge in [-0.2, -0.15) is 4.98 Å². The summed E-state index contributed by atoms with van der Waals surface area (Å²) in [7, 11) is 0. The molecule has 1 aliphatic heterocycles. The summed E-state index contributed by atoms with van der Waals surface area (Å²) >= 11 is 6.51. The molecule has 31 heavy (non-hydrogen) atoms. The molecule has 0 saturated carbocycles. The molecule has 4 aromatic rings. The van der Waals surface area contributed by atoms with E-state index in [1.807, 2.05) is 12.1 Å². The van der Waals surface area contributed by atoms with Crippen molar-refractivity contribution in [3.8, 4) is 23.1 Å². The van der Waals surface area contributed by atoms with Crippen molar-refractivity contribution < 1.29 is 19.1 Å². The lowest BCUT2D eigenvalue weighted by Gasteiger charge is -2.28. The fraction of sp³-hybridized carbons (Fsp3) is 0.286. The number of fused-ring (bicyclic) bond motifs is 1. The number of morpholine rings is 1. The number of anilines is 1. The summed E-state index contributed by atoms with van der Waals surface area (Å²) in [6.07, 6.45) is -0.503. The van der Waals surface area contributed by atoms with Crippen molar-refractivity contribution in [1.29, 1.82) is 0 Å².